The van der Waals surface area contributed by atoms with Gasteiger partial charge in [-0.25, -0.2) is 0 Å². The first-order valence-electron chi connectivity index (χ1n) is 9.41. The second kappa shape index (κ2) is 9.16. The van der Waals surface area contributed by atoms with Gasteiger partial charge in [-0.15, -0.1) is 0 Å². The smallest absolute Gasteiger partial charge is 0.253 e. The van der Waals surface area contributed by atoms with E-state index >= 15 is 0 Å². The molecule has 1 saturated heterocycles. The molecule has 0 saturated carbocycles. The van der Waals surface area contributed by atoms with Crippen molar-refractivity contribution < 1.29 is 14.3 Å². The molecule has 1 fully saturated rings. The summed E-state index contributed by atoms with van der Waals surface area (Å²) in [4.78, 5) is 14.7. The summed E-state index contributed by atoms with van der Waals surface area (Å²) in [6.07, 6.45) is 2.77. The molecule has 6 heteroatoms. The van der Waals surface area contributed by atoms with Gasteiger partial charge in [-0.05, 0) is 25.0 Å². The molecule has 26 heavy (non-hydrogen) atoms. The van der Waals surface area contributed by atoms with Crippen LogP contribution < -0.4 is 5.32 Å². The Morgan fingerprint density at radius 3 is 3.00 bits per heavy atom. The number of aromatic nitrogens is 1. The number of ether oxygens (including phenoxy) is 2. The van der Waals surface area contributed by atoms with E-state index in [4.69, 9.17) is 9.47 Å². The fraction of sp³-hybridized carbons (Fsp3) is 0.550. The van der Waals surface area contributed by atoms with Gasteiger partial charge in [-0.2, -0.15) is 0 Å². The molecule has 1 aliphatic rings. The summed E-state index contributed by atoms with van der Waals surface area (Å²) in [5.74, 6) is 0.0657. The zero-order chi connectivity index (χ0) is 18.4. The average Bonchev–Trinajstić information content (AvgIpc) is 3.04. The van der Waals surface area contributed by atoms with Crippen molar-refractivity contribution in [3.8, 4) is 0 Å². The fourth-order valence-corrected chi connectivity index (χ4v) is 3.49. The van der Waals surface area contributed by atoms with Gasteiger partial charge >= 0.3 is 0 Å². The predicted molar refractivity (Wildman–Crippen MR) is 102 cm³/mol. The Morgan fingerprint density at radius 1 is 1.42 bits per heavy atom. The highest BCUT2D eigenvalue weighted by Gasteiger charge is 2.26. The van der Waals surface area contributed by atoms with Crippen molar-refractivity contribution >= 4 is 16.8 Å². The van der Waals surface area contributed by atoms with Crippen LogP contribution in [0.5, 0.6) is 0 Å². The minimum Gasteiger partial charge on any atom is -0.385 e. The summed E-state index contributed by atoms with van der Waals surface area (Å²) in [7, 11) is 1.73. The molecule has 0 radical (unpaired) electrons. The van der Waals surface area contributed by atoms with Crippen LogP contribution in [-0.4, -0.2) is 61.4 Å². The molecule has 1 aromatic heterocycles. The molecule has 0 bridgehead atoms. The normalized spacial score (nSPS) is 17.5. The molecule has 0 aliphatic carbocycles. The van der Waals surface area contributed by atoms with Gasteiger partial charge in [-0.3, -0.25) is 4.79 Å². The van der Waals surface area contributed by atoms with E-state index in [0.29, 0.717) is 26.2 Å². The molecule has 3 rings (SSSR count). The number of fused-ring (bicyclic) bond motifs is 1. The van der Waals surface area contributed by atoms with E-state index in [1.807, 2.05) is 11.8 Å². The van der Waals surface area contributed by atoms with E-state index in [0.717, 1.165) is 26.1 Å². The van der Waals surface area contributed by atoms with Crippen LogP contribution in [-0.2, 0) is 27.4 Å². The van der Waals surface area contributed by atoms with Gasteiger partial charge in [0.2, 0.25) is 0 Å². The van der Waals surface area contributed by atoms with Crippen LogP contribution in [0.15, 0.2) is 30.5 Å². The number of para-hydroxylation sites is 1. The third-order valence-corrected chi connectivity index (χ3v) is 4.88. The number of amides is 1. The van der Waals surface area contributed by atoms with Crippen LogP contribution in [0.25, 0.3) is 10.9 Å². The van der Waals surface area contributed by atoms with E-state index in [9.17, 15) is 4.79 Å². The number of benzene rings is 1. The van der Waals surface area contributed by atoms with Crippen molar-refractivity contribution in [2.75, 3.05) is 40.0 Å². The lowest BCUT2D eigenvalue weighted by atomic mass is 10.1. The molecule has 1 unspecified atom stereocenters. The van der Waals surface area contributed by atoms with E-state index in [-0.39, 0.29) is 12.0 Å². The number of carbonyl (C=O) groups excluding carboxylic acids is 1. The maximum Gasteiger partial charge on any atom is 0.253 e. The lowest BCUT2D eigenvalue weighted by Gasteiger charge is -2.29. The standard InChI is InChI=1S/C20H29N3O3/c1-3-22(20(24)19-13-21-9-12-26-19)14-16-15-23(10-6-11-25-2)18-8-5-4-7-17(16)18/h4-5,7-8,15,19,21H,3,6,9-14H2,1-2H3. The second-order valence-corrected chi connectivity index (χ2v) is 6.63. The SMILES string of the molecule is CCN(Cc1cn(CCCOC)c2ccccc12)C(=O)C1CNCCO1. The first kappa shape index (κ1) is 18.9. The summed E-state index contributed by atoms with van der Waals surface area (Å²) >= 11 is 0. The fourth-order valence-electron chi connectivity index (χ4n) is 3.49. The van der Waals surface area contributed by atoms with E-state index in [1.165, 1.54) is 16.5 Å². The zero-order valence-corrected chi connectivity index (χ0v) is 15.7. The molecular formula is C20H29N3O3. The Hall–Kier alpha value is -1.89. The third kappa shape index (κ3) is 4.26. The monoisotopic (exact) mass is 359 g/mol. The van der Waals surface area contributed by atoms with Crippen molar-refractivity contribution in [2.24, 2.45) is 0 Å². The molecule has 1 aromatic carbocycles. The number of hydrogen-bond acceptors (Lipinski definition) is 4. The molecular weight excluding hydrogens is 330 g/mol. The van der Waals surface area contributed by atoms with Gasteiger partial charge in [0.25, 0.3) is 5.91 Å². The van der Waals surface area contributed by atoms with Crippen LogP contribution in [0.2, 0.25) is 0 Å². The largest absolute Gasteiger partial charge is 0.385 e. The number of aryl methyl sites for hydroxylation is 1. The Labute approximate surface area is 155 Å². The highest BCUT2D eigenvalue weighted by molar-refractivity contribution is 5.85. The number of carbonyl (C=O) groups is 1. The molecule has 1 atom stereocenters. The Balaban J connectivity index is 1.78. The topological polar surface area (TPSA) is 55.7 Å². The lowest BCUT2D eigenvalue weighted by molar-refractivity contribution is -0.145. The average molecular weight is 359 g/mol. The van der Waals surface area contributed by atoms with Crippen LogP contribution in [0, 0.1) is 0 Å². The van der Waals surface area contributed by atoms with Gasteiger partial charge in [0.05, 0.1) is 6.61 Å². The summed E-state index contributed by atoms with van der Waals surface area (Å²) in [5.41, 5.74) is 2.38. The van der Waals surface area contributed by atoms with E-state index in [1.54, 1.807) is 7.11 Å². The highest BCUT2D eigenvalue weighted by atomic mass is 16.5. The van der Waals surface area contributed by atoms with Gasteiger partial charge in [0.15, 0.2) is 0 Å². The van der Waals surface area contributed by atoms with Crippen molar-refractivity contribution in [2.45, 2.75) is 32.5 Å². The van der Waals surface area contributed by atoms with Gasteiger partial charge in [0.1, 0.15) is 6.10 Å². The summed E-state index contributed by atoms with van der Waals surface area (Å²) in [6.45, 7) is 6.93. The third-order valence-electron chi connectivity index (χ3n) is 4.88. The Kier molecular flexibility index (Phi) is 6.66. The minimum absolute atomic E-state index is 0.0657. The van der Waals surface area contributed by atoms with Crippen molar-refractivity contribution in [1.82, 2.24) is 14.8 Å². The zero-order valence-electron chi connectivity index (χ0n) is 15.7. The summed E-state index contributed by atoms with van der Waals surface area (Å²) < 4.78 is 13.1. The summed E-state index contributed by atoms with van der Waals surface area (Å²) in [6, 6.07) is 8.38. The number of nitrogens with one attached hydrogen (secondary N) is 1. The van der Waals surface area contributed by atoms with Gasteiger partial charge < -0.3 is 24.3 Å². The predicted octanol–water partition coefficient (Wildman–Crippen LogP) is 2.01. The van der Waals surface area contributed by atoms with Gasteiger partial charge in [-0.1, -0.05) is 18.2 Å². The molecule has 6 nitrogen and oxygen atoms in total. The molecule has 2 heterocycles. The molecule has 142 valence electrons. The number of methoxy groups -OCH3 is 1. The van der Waals surface area contributed by atoms with Crippen LogP contribution in [0.3, 0.4) is 0 Å². The van der Waals surface area contributed by atoms with Crippen LogP contribution >= 0.6 is 0 Å². The first-order valence-corrected chi connectivity index (χ1v) is 9.41. The maximum absolute atomic E-state index is 12.8. The van der Waals surface area contributed by atoms with Crippen molar-refractivity contribution in [3.63, 3.8) is 0 Å². The van der Waals surface area contributed by atoms with Gasteiger partial charge in [0, 0.05) is 63.5 Å². The van der Waals surface area contributed by atoms with Crippen LogP contribution in [0.4, 0.5) is 0 Å². The second-order valence-electron chi connectivity index (χ2n) is 6.63. The number of hydrogen-bond donors (Lipinski definition) is 1. The van der Waals surface area contributed by atoms with E-state index in [2.05, 4.69) is 40.3 Å². The Morgan fingerprint density at radius 2 is 2.27 bits per heavy atom. The molecule has 1 amide bonds. The molecule has 1 N–H and O–H groups in total. The molecule has 0 spiro atoms. The number of likely N-dealkylation sites (N-methyl/N-ethyl adjacent to an activating group) is 1. The highest BCUT2D eigenvalue weighted by Crippen LogP contribution is 2.23. The lowest BCUT2D eigenvalue weighted by Crippen LogP contribution is -2.49. The summed E-state index contributed by atoms with van der Waals surface area (Å²) in [5, 5.41) is 4.44. The first-order chi connectivity index (χ1) is 12.7. The number of morpholine rings is 1. The number of rotatable bonds is 8. The molecule has 2 aromatic rings. The van der Waals surface area contributed by atoms with Crippen molar-refractivity contribution in [1.29, 1.82) is 0 Å². The van der Waals surface area contributed by atoms with Crippen LogP contribution in [0.1, 0.15) is 18.9 Å². The quantitative estimate of drug-likeness (QED) is 0.733. The molecule has 1 aliphatic heterocycles. The van der Waals surface area contributed by atoms with E-state index < -0.39 is 0 Å². The number of nitrogens with zero attached hydrogens (tertiary/aromatic N) is 2. The minimum atomic E-state index is -0.376. The Bertz CT molecular complexity index is 722. The van der Waals surface area contributed by atoms with Crippen molar-refractivity contribution in [3.05, 3.63) is 36.0 Å². The maximum atomic E-state index is 12.8.